The van der Waals surface area contributed by atoms with Gasteiger partial charge < -0.3 is 29.6 Å². The molecule has 18 heteroatoms. The predicted molar refractivity (Wildman–Crippen MR) is 253 cm³/mol. The number of halogens is 2. The highest BCUT2D eigenvalue weighted by Crippen LogP contribution is 2.43. The summed E-state index contributed by atoms with van der Waals surface area (Å²) in [5, 5.41) is 15.6. The zero-order valence-electron chi connectivity index (χ0n) is 36.6. The number of aromatic nitrogens is 1. The first-order chi connectivity index (χ1) is 32.0. The second-order valence-electron chi connectivity index (χ2n) is 16.3. The normalized spacial score (nSPS) is 16.4. The Morgan fingerprint density at radius 2 is 1.60 bits per heavy atom. The molecule has 0 saturated carbocycles. The number of nitrogens with one attached hydrogen (secondary N) is 2. The molecule has 0 fully saturated rings. The van der Waals surface area contributed by atoms with E-state index >= 15 is 0 Å². The van der Waals surface area contributed by atoms with E-state index in [1.165, 1.54) is 27.9 Å². The number of ether oxygens (including phenoxy) is 4. The van der Waals surface area contributed by atoms with Gasteiger partial charge in [0, 0.05) is 19.9 Å². The van der Waals surface area contributed by atoms with Gasteiger partial charge in [-0.3, -0.25) is 9.59 Å². The van der Waals surface area contributed by atoms with Crippen LogP contribution in [0.15, 0.2) is 107 Å². The van der Waals surface area contributed by atoms with Crippen LogP contribution in [0.5, 0.6) is 17.2 Å². The number of esters is 1. The summed E-state index contributed by atoms with van der Waals surface area (Å²) in [6.45, 7) is 4.54. The molecular formula is C49H43Cl2N5O9S2. The van der Waals surface area contributed by atoms with Crippen molar-refractivity contribution in [2.75, 3.05) is 19.0 Å². The number of methoxy groups -OCH3 is 1. The number of thiazole rings is 1. The van der Waals surface area contributed by atoms with E-state index in [-0.39, 0.29) is 47.6 Å². The fraction of sp³-hybridized carbons (Fsp3) is 0.245. The summed E-state index contributed by atoms with van der Waals surface area (Å²) in [5.41, 5.74) is 4.40. The van der Waals surface area contributed by atoms with Gasteiger partial charge in [-0.05, 0) is 108 Å². The molecule has 3 unspecified atom stereocenters. The number of nitrogens with zero attached hydrogens (tertiary/aromatic N) is 3. The highest BCUT2D eigenvalue weighted by molar-refractivity contribution is 7.91. The molecular weight excluding hydrogens is 938 g/mol. The molecule has 8 rings (SSSR count). The van der Waals surface area contributed by atoms with Gasteiger partial charge in [0.25, 0.3) is 10.0 Å². The molecule has 2 amide bonds. The Balaban J connectivity index is 1.05. The first-order valence-electron chi connectivity index (χ1n) is 20.9. The minimum absolute atomic E-state index is 0.0114. The Labute approximate surface area is 401 Å². The molecule has 344 valence electrons. The van der Waals surface area contributed by atoms with Crippen molar-refractivity contribution in [2.24, 2.45) is 0 Å². The van der Waals surface area contributed by atoms with Crippen molar-refractivity contribution in [1.29, 1.82) is 5.26 Å². The molecule has 1 aromatic heterocycles. The summed E-state index contributed by atoms with van der Waals surface area (Å²) in [6.07, 6.45) is -0.582. The van der Waals surface area contributed by atoms with Crippen LogP contribution in [0.25, 0.3) is 11.1 Å². The van der Waals surface area contributed by atoms with E-state index in [2.05, 4.69) is 21.7 Å². The number of benzene rings is 5. The van der Waals surface area contributed by atoms with Gasteiger partial charge in [0.15, 0.2) is 26.9 Å². The van der Waals surface area contributed by atoms with E-state index in [0.29, 0.717) is 49.5 Å². The van der Waals surface area contributed by atoms with Crippen LogP contribution in [-0.2, 0) is 55.1 Å². The fourth-order valence-electron chi connectivity index (χ4n) is 7.98. The average molecular weight is 981 g/mol. The van der Waals surface area contributed by atoms with E-state index in [9.17, 15) is 28.1 Å². The molecule has 0 spiro atoms. The van der Waals surface area contributed by atoms with Crippen molar-refractivity contribution in [3.05, 3.63) is 152 Å². The molecule has 67 heavy (non-hydrogen) atoms. The van der Waals surface area contributed by atoms with Crippen LogP contribution >= 0.6 is 34.5 Å². The number of hydrogen-bond acceptors (Lipinski definition) is 12. The zero-order chi connectivity index (χ0) is 47.6. The number of nitriles is 1. The van der Waals surface area contributed by atoms with Gasteiger partial charge in [-0.25, -0.2) is 18.2 Å². The molecule has 0 bridgehead atoms. The lowest BCUT2D eigenvalue weighted by Crippen LogP contribution is -2.61. The highest BCUT2D eigenvalue weighted by atomic mass is 35.5. The van der Waals surface area contributed by atoms with Crippen LogP contribution in [0, 0.1) is 18.3 Å². The number of hydrogen-bond donors (Lipinski definition) is 2. The van der Waals surface area contributed by atoms with Gasteiger partial charge in [-0.15, -0.1) is 0 Å². The average Bonchev–Trinajstić information content (AvgIpc) is 3.70. The number of amides is 2. The Morgan fingerprint density at radius 1 is 0.925 bits per heavy atom. The third kappa shape index (κ3) is 10.3. The topological polar surface area (TPSA) is 186 Å². The van der Waals surface area contributed by atoms with Crippen LogP contribution in [0.2, 0.25) is 10.0 Å². The van der Waals surface area contributed by atoms with Crippen LogP contribution in [0.3, 0.4) is 0 Å². The number of carbonyl (C=O) groups is 3. The molecule has 3 atom stereocenters. The Morgan fingerprint density at radius 3 is 2.25 bits per heavy atom. The maximum absolute atomic E-state index is 14.8. The summed E-state index contributed by atoms with van der Waals surface area (Å²) in [5.74, 6) is -0.458. The van der Waals surface area contributed by atoms with Crippen LogP contribution < -0.4 is 24.8 Å². The lowest BCUT2D eigenvalue weighted by Gasteiger charge is -2.38. The molecule has 0 radical (unpaired) electrons. The third-order valence-electron chi connectivity index (χ3n) is 11.4. The second kappa shape index (κ2) is 19.4. The van der Waals surface area contributed by atoms with Crippen LogP contribution in [0.1, 0.15) is 59.0 Å². The summed E-state index contributed by atoms with van der Waals surface area (Å²) in [6, 6.07) is 31.5. The van der Waals surface area contributed by atoms with E-state index in [1.54, 1.807) is 36.4 Å². The summed E-state index contributed by atoms with van der Waals surface area (Å²) in [7, 11) is -3.26. The van der Waals surface area contributed by atoms with E-state index < -0.39 is 45.5 Å². The standard InChI is InChI=1S/C49H43Cl2N5O9S2/c1-28-46(66-48(53-28)54-29(2)57)67(60,61)56-25-37-22-43-42(64-27-44(65-43)35-14-16-38(17-15-35)63-26-32-9-18-39(50)40(51)19-32)21-36(37)20-41(56)45(58)55-49(3,47(59)62-4)23-30-5-10-33(11-6-30)34-12-7-31(24-52)8-13-34/h5-19,21-22,41,44H,20,23,25-27H2,1-4H3,(H,55,58)(H,53,54,57). The Hall–Kier alpha value is -6.48. The molecule has 0 saturated heterocycles. The van der Waals surface area contributed by atoms with Crippen molar-refractivity contribution in [3.63, 3.8) is 0 Å². The molecule has 6 aromatic rings. The second-order valence-corrected chi connectivity index (χ2v) is 20.2. The maximum atomic E-state index is 14.8. The van der Waals surface area contributed by atoms with Gasteiger partial charge in [0.05, 0.1) is 34.5 Å². The molecule has 14 nitrogen and oxygen atoms in total. The van der Waals surface area contributed by atoms with Crippen molar-refractivity contribution >= 4 is 67.5 Å². The summed E-state index contributed by atoms with van der Waals surface area (Å²) < 4.78 is 54.4. The van der Waals surface area contributed by atoms with Crippen molar-refractivity contribution in [1.82, 2.24) is 14.6 Å². The van der Waals surface area contributed by atoms with Gasteiger partial charge in [0.2, 0.25) is 11.8 Å². The van der Waals surface area contributed by atoms with Crippen LogP contribution in [-0.4, -0.2) is 60.8 Å². The van der Waals surface area contributed by atoms with E-state index in [1.807, 2.05) is 66.7 Å². The minimum Gasteiger partial charge on any atom is -0.489 e. The molecule has 0 aliphatic carbocycles. The van der Waals surface area contributed by atoms with Gasteiger partial charge in [0.1, 0.15) is 30.5 Å². The molecule has 5 aromatic carbocycles. The number of anilines is 1. The van der Waals surface area contributed by atoms with Crippen molar-refractivity contribution < 1.29 is 41.7 Å². The monoisotopic (exact) mass is 979 g/mol. The summed E-state index contributed by atoms with van der Waals surface area (Å²) >= 11 is 13.0. The molecule has 3 heterocycles. The van der Waals surface area contributed by atoms with E-state index in [0.717, 1.165) is 37.9 Å². The number of aryl methyl sites for hydroxylation is 1. The van der Waals surface area contributed by atoms with Crippen molar-refractivity contribution in [2.45, 2.75) is 68.7 Å². The van der Waals surface area contributed by atoms with Crippen LogP contribution in [0.4, 0.5) is 5.13 Å². The smallest absolute Gasteiger partial charge is 0.331 e. The lowest BCUT2D eigenvalue weighted by atomic mass is 9.90. The van der Waals surface area contributed by atoms with E-state index in [4.69, 9.17) is 42.1 Å². The lowest BCUT2D eigenvalue weighted by molar-refractivity contribution is -0.150. The Bertz CT molecular complexity index is 3030. The number of fused-ring (bicyclic) bond motifs is 2. The SMILES string of the molecule is COC(=O)C(C)(Cc1ccc(-c2ccc(C#N)cc2)cc1)NC(=O)C1Cc2cc3c(cc2CN1S(=O)(=O)c1sc(NC(C)=O)nc1C)OC(c1ccc(OCc2ccc(Cl)c(Cl)c2)cc1)CO3. The van der Waals surface area contributed by atoms with Gasteiger partial charge in [-0.2, -0.15) is 9.57 Å². The molecule has 2 aliphatic heterocycles. The highest BCUT2D eigenvalue weighted by Gasteiger charge is 2.45. The number of carbonyl (C=O) groups excluding carboxylic acids is 3. The molecule has 2 N–H and O–H groups in total. The number of rotatable bonds is 13. The first-order valence-corrected chi connectivity index (χ1v) is 23.9. The minimum atomic E-state index is -4.48. The van der Waals surface area contributed by atoms with Gasteiger partial charge >= 0.3 is 5.97 Å². The Kier molecular flexibility index (Phi) is 13.6. The summed E-state index contributed by atoms with van der Waals surface area (Å²) in [4.78, 5) is 44.5. The zero-order valence-corrected chi connectivity index (χ0v) is 39.7. The van der Waals surface area contributed by atoms with Gasteiger partial charge in [-0.1, -0.05) is 89.1 Å². The quantitative estimate of drug-likeness (QED) is 0.105. The third-order valence-corrected chi connectivity index (χ3v) is 15.7. The first kappa shape index (κ1) is 47.0. The largest absolute Gasteiger partial charge is 0.489 e. The van der Waals surface area contributed by atoms with Crippen molar-refractivity contribution in [3.8, 4) is 34.4 Å². The fourth-order valence-corrected chi connectivity index (χ4v) is 11.4. The maximum Gasteiger partial charge on any atom is 0.331 e. The number of sulfonamides is 1. The molecule has 2 aliphatic rings. The predicted octanol–water partition coefficient (Wildman–Crippen LogP) is 8.75.